The van der Waals surface area contributed by atoms with E-state index in [1.165, 1.54) is 0 Å². The van der Waals surface area contributed by atoms with Crippen molar-refractivity contribution in [1.82, 2.24) is 15.1 Å². The molecular formula is C11H23N3O. The van der Waals surface area contributed by atoms with Crippen molar-refractivity contribution in [2.75, 3.05) is 40.3 Å². The molecule has 1 aliphatic rings. The zero-order valence-electron chi connectivity index (χ0n) is 10.1. The minimum atomic E-state index is 0.0538. The first-order valence-corrected chi connectivity index (χ1v) is 5.82. The molecule has 1 atom stereocenters. The van der Waals surface area contributed by atoms with Crippen LogP contribution < -0.4 is 5.32 Å². The zero-order valence-corrected chi connectivity index (χ0v) is 10.1. The van der Waals surface area contributed by atoms with E-state index in [4.69, 9.17) is 0 Å². The molecular weight excluding hydrogens is 190 g/mol. The molecule has 0 aromatic heterocycles. The Balaban J connectivity index is 2.31. The Labute approximate surface area is 92.6 Å². The first kappa shape index (κ1) is 12.5. The normalized spacial score (nSPS) is 22.5. The van der Waals surface area contributed by atoms with Gasteiger partial charge in [0.15, 0.2) is 0 Å². The number of hydrogen-bond donors (Lipinski definition) is 1. The third-order valence-corrected chi connectivity index (χ3v) is 2.82. The highest BCUT2D eigenvalue weighted by atomic mass is 16.2. The van der Waals surface area contributed by atoms with E-state index in [0.717, 1.165) is 39.0 Å². The van der Waals surface area contributed by atoms with E-state index >= 15 is 0 Å². The van der Waals surface area contributed by atoms with Gasteiger partial charge >= 0.3 is 0 Å². The van der Waals surface area contributed by atoms with Gasteiger partial charge in [0.1, 0.15) is 0 Å². The van der Waals surface area contributed by atoms with Crippen molar-refractivity contribution in [1.29, 1.82) is 0 Å². The van der Waals surface area contributed by atoms with Crippen molar-refractivity contribution < 1.29 is 4.79 Å². The van der Waals surface area contributed by atoms with Gasteiger partial charge in [-0.05, 0) is 33.5 Å². The second-order valence-electron chi connectivity index (χ2n) is 4.40. The summed E-state index contributed by atoms with van der Waals surface area (Å²) in [4.78, 5) is 16.0. The fraction of sp³-hybridized carbons (Fsp3) is 0.909. The molecule has 88 valence electrons. The molecule has 0 spiro atoms. The zero-order chi connectivity index (χ0) is 11.3. The van der Waals surface area contributed by atoms with E-state index in [2.05, 4.69) is 31.2 Å². The summed E-state index contributed by atoms with van der Waals surface area (Å²) in [6, 6.07) is 0.0538. The molecule has 4 heteroatoms. The van der Waals surface area contributed by atoms with Crippen molar-refractivity contribution in [3.8, 4) is 0 Å². The maximum Gasteiger partial charge on any atom is 0.239 e. The minimum absolute atomic E-state index is 0.0538. The number of nitrogens with one attached hydrogen (secondary N) is 1. The highest BCUT2D eigenvalue weighted by molar-refractivity contribution is 5.82. The lowest BCUT2D eigenvalue weighted by molar-refractivity contribution is -0.135. The van der Waals surface area contributed by atoms with Crippen molar-refractivity contribution in [3.63, 3.8) is 0 Å². The van der Waals surface area contributed by atoms with Crippen LogP contribution in [0.4, 0.5) is 0 Å². The molecule has 1 unspecified atom stereocenters. The molecule has 0 aromatic carbocycles. The molecule has 0 bridgehead atoms. The van der Waals surface area contributed by atoms with Gasteiger partial charge in [-0.2, -0.15) is 0 Å². The Hall–Kier alpha value is -0.610. The van der Waals surface area contributed by atoms with Gasteiger partial charge < -0.3 is 15.1 Å². The van der Waals surface area contributed by atoms with Crippen molar-refractivity contribution in [2.24, 2.45) is 0 Å². The van der Waals surface area contributed by atoms with Crippen LogP contribution in [0.5, 0.6) is 0 Å². The second kappa shape index (κ2) is 6.08. The monoisotopic (exact) mass is 213 g/mol. The molecule has 1 fully saturated rings. The topological polar surface area (TPSA) is 35.6 Å². The summed E-state index contributed by atoms with van der Waals surface area (Å²) in [6.07, 6.45) is 1.96. The Kier molecular flexibility index (Phi) is 5.05. The van der Waals surface area contributed by atoms with Crippen molar-refractivity contribution in [2.45, 2.75) is 25.8 Å². The summed E-state index contributed by atoms with van der Waals surface area (Å²) in [7, 11) is 4.13. The van der Waals surface area contributed by atoms with Crippen LogP contribution in [0.1, 0.15) is 19.8 Å². The van der Waals surface area contributed by atoms with E-state index in [9.17, 15) is 4.79 Å². The SMILES string of the molecule is CCC1NCCN(CCCN(C)C)C1=O. The molecule has 15 heavy (non-hydrogen) atoms. The second-order valence-corrected chi connectivity index (χ2v) is 4.40. The molecule has 1 N–H and O–H groups in total. The number of rotatable bonds is 5. The largest absolute Gasteiger partial charge is 0.340 e. The minimum Gasteiger partial charge on any atom is -0.340 e. The summed E-state index contributed by atoms with van der Waals surface area (Å²) in [6.45, 7) is 5.80. The van der Waals surface area contributed by atoms with Crippen molar-refractivity contribution >= 4 is 5.91 Å². The van der Waals surface area contributed by atoms with E-state index < -0.39 is 0 Å². The molecule has 0 aromatic rings. The van der Waals surface area contributed by atoms with Gasteiger partial charge in [-0.15, -0.1) is 0 Å². The standard InChI is InChI=1S/C11H23N3O/c1-4-10-11(15)14(9-6-12-10)8-5-7-13(2)3/h10,12H,4-9H2,1-3H3. The number of piperazine rings is 1. The predicted octanol–water partition coefficient (Wildman–Crippen LogP) is 0.149. The van der Waals surface area contributed by atoms with Crippen LogP contribution in [0.25, 0.3) is 0 Å². The summed E-state index contributed by atoms with van der Waals surface area (Å²) in [5.41, 5.74) is 0. The number of hydrogen-bond acceptors (Lipinski definition) is 3. The van der Waals surface area contributed by atoms with Crippen LogP contribution in [0, 0.1) is 0 Å². The lowest BCUT2D eigenvalue weighted by Gasteiger charge is -2.33. The third kappa shape index (κ3) is 3.80. The lowest BCUT2D eigenvalue weighted by atomic mass is 10.1. The van der Waals surface area contributed by atoms with E-state index in [1.54, 1.807) is 0 Å². The number of carbonyl (C=O) groups excluding carboxylic acids is 1. The molecule has 1 rings (SSSR count). The third-order valence-electron chi connectivity index (χ3n) is 2.82. The maximum atomic E-state index is 11.9. The molecule has 1 aliphatic heterocycles. The van der Waals surface area contributed by atoms with Gasteiger partial charge in [-0.3, -0.25) is 4.79 Å². The van der Waals surface area contributed by atoms with Gasteiger partial charge in [-0.25, -0.2) is 0 Å². The fourth-order valence-electron chi connectivity index (χ4n) is 1.91. The summed E-state index contributed by atoms with van der Waals surface area (Å²) < 4.78 is 0. The Morgan fingerprint density at radius 2 is 2.27 bits per heavy atom. The summed E-state index contributed by atoms with van der Waals surface area (Å²) in [5.74, 6) is 0.280. The van der Waals surface area contributed by atoms with E-state index in [0.29, 0.717) is 0 Å². The van der Waals surface area contributed by atoms with Crippen LogP contribution in [-0.4, -0.2) is 62.0 Å². The predicted molar refractivity (Wildman–Crippen MR) is 61.8 cm³/mol. The first-order chi connectivity index (χ1) is 7.15. The first-order valence-electron chi connectivity index (χ1n) is 5.82. The van der Waals surface area contributed by atoms with Gasteiger partial charge in [0.2, 0.25) is 5.91 Å². The quantitative estimate of drug-likeness (QED) is 0.706. The van der Waals surface area contributed by atoms with E-state index in [-0.39, 0.29) is 11.9 Å². The average molecular weight is 213 g/mol. The lowest BCUT2D eigenvalue weighted by Crippen LogP contribution is -2.55. The highest BCUT2D eigenvalue weighted by Gasteiger charge is 2.25. The Morgan fingerprint density at radius 3 is 2.87 bits per heavy atom. The van der Waals surface area contributed by atoms with E-state index in [1.807, 2.05) is 4.90 Å². The summed E-state index contributed by atoms with van der Waals surface area (Å²) >= 11 is 0. The molecule has 0 aliphatic carbocycles. The molecule has 4 nitrogen and oxygen atoms in total. The molecule has 1 amide bonds. The number of amides is 1. The Bertz CT molecular complexity index is 206. The fourth-order valence-corrected chi connectivity index (χ4v) is 1.91. The highest BCUT2D eigenvalue weighted by Crippen LogP contribution is 2.05. The molecule has 0 saturated carbocycles. The molecule has 1 saturated heterocycles. The van der Waals surface area contributed by atoms with Crippen LogP contribution in [0.2, 0.25) is 0 Å². The number of nitrogens with zero attached hydrogens (tertiary/aromatic N) is 2. The smallest absolute Gasteiger partial charge is 0.239 e. The van der Waals surface area contributed by atoms with Crippen molar-refractivity contribution in [3.05, 3.63) is 0 Å². The van der Waals surface area contributed by atoms with Crippen LogP contribution in [0.3, 0.4) is 0 Å². The Morgan fingerprint density at radius 1 is 1.53 bits per heavy atom. The maximum absolute atomic E-state index is 11.9. The van der Waals surface area contributed by atoms with Gasteiger partial charge in [-0.1, -0.05) is 6.92 Å². The van der Waals surface area contributed by atoms with Gasteiger partial charge in [0.25, 0.3) is 0 Å². The van der Waals surface area contributed by atoms with Crippen LogP contribution in [-0.2, 0) is 4.79 Å². The number of carbonyl (C=O) groups is 1. The van der Waals surface area contributed by atoms with Gasteiger partial charge in [0.05, 0.1) is 6.04 Å². The average Bonchev–Trinajstić information content (AvgIpc) is 2.20. The van der Waals surface area contributed by atoms with Crippen LogP contribution in [0.15, 0.2) is 0 Å². The van der Waals surface area contributed by atoms with Crippen LogP contribution >= 0.6 is 0 Å². The molecule has 0 radical (unpaired) electrons. The molecule has 1 heterocycles. The summed E-state index contributed by atoms with van der Waals surface area (Å²) in [5, 5.41) is 3.25. The van der Waals surface area contributed by atoms with Gasteiger partial charge in [0, 0.05) is 19.6 Å².